The molecule has 2 fully saturated rings. The quantitative estimate of drug-likeness (QED) is 0.207. The molecule has 2 rings (SSSR count). The average Bonchev–Trinajstić information content (AvgIpc) is 3.09. The van der Waals surface area contributed by atoms with Crippen molar-refractivity contribution in [3.05, 3.63) is 0 Å². The summed E-state index contributed by atoms with van der Waals surface area (Å²) in [7, 11) is 0. The van der Waals surface area contributed by atoms with Gasteiger partial charge in [0.15, 0.2) is 6.29 Å². The fraction of sp³-hybridized carbons (Fsp3) is 0.889. The number of hydrogen-bond acceptors (Lipinski definition) is 10. The number of carboxylic acid groups (broad SMARTS) is 1. The van der Waals surface area contributed by atoms with E-state index >= 15 is 0 Å². The Hall–Kier alpha value is -1.38. The van der Waals surface area contributed by atoms with E-state index in [1.165, 1.54) is 6.92 Å². The van der Waals surface area contributed by atoms with E-state index in [1.807, 2.05) is 0 Å². The summed E-state index contributed by atoms with van der Waals surface area (Å²) in [6, 6.07) is -0.848. The summed E-state index contributed by atoms with van der Waals surface area (Å²) >= 11 is 0. The minimum absolute atomic E-state index is 0.00204. The molecule has 1 amide bonds. The van der Waals surface area contributed by atoms with Gasteiger partial charge in [-0.05, 0) is 0 Å². The van der Waals surface area contributed by atoms with Crippen LogP contribution < -0.4 is 5.32 Å². The molecule has 0 saturated carbocycles. The largest absolute Gasteiger partial charge is 0.481 e. The van der Waals surface area contributed by atoms with Crippen molar-refractivity contribution in [3.63, 3.8) is 0 Å². The van der Waals surface area contributed by atoms with E-state index in [2.05, 4.69) is 5.32 Å². The van der Waals surface area contributed by atoms with Gasteiger partial charge in [-0.25, -0.2) is 0 Å². The second-order valence-corrected chi connectivity index (χ2v) is 7.06. The van der Waals surface area contributed by atoms with Gasteiger partial charge in [-0.1, -0.05) is 0 Å². The molecule has 4 N–H and O–H groups in total. The first-order valence-electron chi connectivity index (χ1n) is 9.81. The lowest BCUT2D eigenvalue weighted by Crippen LogP contribution is -2.66. The molecular weight excluding hydrogens is 406 g/mol. The van der Waals surface area contributed by atoms with Crippen LogP contribution >= 0.6 is 0 Å². The Morgan fingerprint density at radius 1 is 1.00 bits per heavy atom. The predicted molar refractivity (Wildman–Crippen MR) is 98.7 cm³/mol. The Bertz CT molecular complexity index is 548. The van der Waals surface area contributed by atoms with Gasteiger partial charge >= 0.3 is 5.97 Å². The maximum atomic E-state index is 11.3. The van der Waals surface area contributed by atoms with Gasteiger partial charge in [0.1, 0.15) is 23.9 Å². The minimum Gasteiger partial charge on any atom is -0.481 e. The van der Waals surface area contributed by atoms with Crippen LogP contribution in [0.3, 0.4) is 0 Å². The lowest BCUT2D eigenvalue weighted by atomic mass is 9.88. The molecule has 2 aliphatic heterocycles. The van der Waals surface area contributed by atoms with Crippen LogP contribution in [-0.2, 0) is 38.0 Å². The first-order valence-corrected chi connectivity index (χ1v) is 9.81. The van der Waals surface area contributed by atoms with Gasteiger partial charge in [0.05, 0.1) is 65.9 Å². The summed E-state index contributed by atoms with van der Waals surface area (Å²) < 4.78 is 32.4. The molecule has 0 radical (unpaired) electrons. The van der Waals surface area contributed by atoms with Crippen LogP contribution in [0.1, 0.15) is 13.3 Å². The van der Waals surface area contributed by atoms with Crippen LogP contribution in [0.25, 0.3) is 0 Å². The minimum atomic E-state index is -1.28. The fourth-order valence-electron chi connectivity index (χ4n) is 3.14. The normalized spacial score (nSPS) is 30.4. The first-order chi connectivity index (χ1) is 14.4. The Labute approximate surface area is 174 Å². The van der Waals surface area contributed by atoms with E-state index in [-0.39, 0.29) is 38.8 Å². The van der Waals surface area contributed by atoms with Gasteiger partial charge in [-0.15, -0.1) is 0 Å². The van der Waals surface area contributed by atoms with Crippen molar-refractivity contribution in [1.82, 2.24) is 5.32 Å². The fourth-order valence-corrected chi connectivity index (χ4v) is 3.14. The van der Waals surface area contributed by atoms with E-state index < -0.39 is 36.1 Å². The third-order valence-electron chi connectivity index (χ3n) is 4.66. The summed E-state index contributed by atoms with van der Waals surface area (Å²) in [4.78, 5) is 21.5. The highest BCUT2D eigenvalue weighted by atomic mass is 16.8. The van der Waals surface area contributed by atoms with Gasteiger partial charge in [-0.3, -0.25) is 9.59 Å². The molecule has 2 bridgehead atoms. The second kappa shape index (κ2) is 12.5. The molecule has 12 heteroatoms. The third kappa shape index (κ3) is 7.39. The Morgan fingerprint density at radius 2 is 1.57 bits per heavy atom. The predicted octanol–water partition coefficient (Wildman–Crippen LogP) is -2.12. The number of hydrogen-bond donors (Lipinski definition) is 4. The number of fused-ring (bicyclic) bond motifs is 2. The van der Waals surface area contributed by atoms with Crippen LogP contribution in [0.2, 0.25) is 0 Å². The van der Waals surface area contributed by atoms with Crippen molar-refractivity contribution in [2.24, 2.45) is 0 Å². The summed E-state index contributed by atoms with van der Waals surface area (Å²) in [5.74, 6) is -1.26. The van der Waals surface area contributed by atoms with Gasteiger partial charge < -0.3 is 49.1 Å². The standard InChI is InChI=1S/C18H31NO11/c1-12(20)19-14-15(23)16(24)18(11-29-17(14)30-18)10-28-9-8-27-7-6-26-5-4-25-3-2-13(21)22/h14-17,23-24H,2-11H2,1H3,(H,19,20)(H,21,22)/t14-,15-,16-,17+,18+/m1/s1. The highest BCUT2D eigenvalue weighted by molar-refractivity contribution is 5.73. The van der Waals surface area contributed by atoms with Gasteiger partial charge in [0, 0.05) is 6.92 Å². The van der Waals surface area contributed by atoms with Gasteiger partial charge in [-0.2, -0.15) is 0 Å². The number of carboxylic acids is 1. The SMILES string of the molecule is CC(=O)N[C@H]1[C@H]2OC[C@](COCCOCCOCCOCCC(=O)O)(O2)[C@H](O)[C@@H]1O. The van der Waals surface area contributed by atoms with Crippen molar-refractivity contribution in [3.8, 4) is 0 Å². The van der Waals surface area contributed by atoms with Gasteiger partial charge in [0.25, 0.3) is 0 Å². The molecule has 0 aromatic rings. The lowest BCUT2D eigenvalue weighted by molar-refractivity contribution is -0.238. The number of carbonyl (C=O) groups is 2. The van der Waals surface area contributed by atoms with Crippen molar-refractivity contribution < 1.29 is 53.3 Å². The molecular formula is C18H31NO11. The molecule has 0 aromatic carbocycles. The third-order valence-corrected chi connectivity index (χ3v) is 4.66. The zero-order chi connectivity index (χ0) is 22.0. The van der Waals surface area contributed by atoms with Crippen molar-refractivity contribution in [2.45, 2.75) is 43.5 Å². The van der Waals surface area contributed by atoms with Crippen LogP contribution in [0.15, 0.2) is 0 Å². The number of carbonyl (C=O) groups excluding carboxylic acids is 1. The maximum Gasteiger partial charge on any atom is 0.305 e. The molecule has 174 valence electrons. The van der Waals surface area contributed by atoms with E-state index in [9.17, 15) is 19.8 Å². The molecule has 2 heterocycles. The molecule has 0 aliphatic carbocycles. The van der Waals surface area contributed by atoms with Gasteiger partial charge in [0.2, 0.25) is 5.91 Å². The summed E-state index contributed by atoms with van der Waals surface area (Å²) in [6.45, 7) is 3.42. The molecule has 5 atom stereocenters. The Morgan fingerprint density at radius 3 is 2.13 bits per heavy atom. The smallest absolute Gasteiger partial charge is 0.305 e. The van der Waals surface area contributed by atoms with E-state index in [0.29, 0.717) is 33.0 Å². The Balaban J connectivity index is 1.51. The lowest BCUT2D eigenvalue weighted by Gasteiger charge is -2.42. The average molecular weight is 437 g/mol. The van der Waals surface area contributed by atoms with Crippen LogP contribution in [0.4, 0.5) is 0 Å². The van der Waals surface area contributed by atoms with Crippen molar-refractivity contribution in [1.29, 1.82) is 0 Å². The number of aliphatic carboxylic acids is 1. The van der Waals surface area contributed by atoms with E-state index in [0.717, 1.165) is 0 Å². The Kier molecular flexibility index (Phi) is 10.3. The zero-order valence-corrected chi connectivity index (χ0v) is 17.0. The van der Waals surface area contributed by atoms with Crippen molar-refractivity contribution >= 4 is 11.9 Å². The molecule has 12 nitrogen and oxygen atoms in total. The zero-order valence-electron chi connectivity index (χ0n) is 17.0. The number of ether oxygens (including phenoxy) is 6. The number of amides is 1. The van der Waals surface area contributed by atoms with E-state index in [4.69, 9.17) is 33.5 Å². The first kappa shape index (κ1) is 24.9. The molecule has 0 aromatic heterocycles. The summed E-state index contributed by atoms with van der Waals surface area (Å²) in [5.41, 5.74) is -1.19. The number of nitrogens with one attached hydrogen (secondary N) is 1. The number of aliphatic hydroxyl groups excluding tert-OH is 2. The highest BCUT2D eigenvalue weighted by Gasteiger charge is 2.59. The molecule has 0 unspecified atom stereocenters. The topological polar surface area (TPSA) is 162 Å². The van der Waals surface area contributed by atoms with Crippen LogP contribution in [-0.4, -0.2) is 117 Å². The summed E-state index contributed by atoms with van der Waals surface area (Å²) in [5, 5.41) is 31.7. The van der Waals surface area contributed by atoms with E-state index in [1.54, 1.807) is 0 Å². The second-order valence-electron chi connectivity index (χ2n) is 7.06. The number of rotatable bonds is 15. The molecule has 30 heavy (non-hydrogen) atoms. The molecule has 2 aliphatic rings. The molecule has 0 spiro atoms. The number of aliphatic hydroxyl groups is 2. The van der Waals surface area contributed by atoms with Crippen LogP contribution in [0.5, 0.6) is 0 Å². The monoisotopic (exact) mass is 437 g/mol. The van der Waals surface area contributed by atoms with Crippen molar-refractivity contribution in [2.75, 3.05) is 59.5 Å². The highest BCUT2D eigenvalue weighted by Crippen LogP contribution is 2.37. The summed E-state index contributed by atoms with van der Waals surface area (Å²) in [6.07, 6.45) is -3.40. The van der Waals surface area contributed by atoms with Crippen LogP contribution in [0, 0.1) is 0 Å². The maximum absolute atomic E-state index is 11.3. The molecule has 2 saturated heterocycles.